The van der Waals surface area contributed by atoms with Gasteiger partial charge in [0.15, 0.2) is 6.29 Å². The molecule has 20 heavy (non-hydrogen) atoms. The normalized spacial score (nSPS) is 16.2. The van der Waals surface area contributed by atoms with E-state index >= 15 is 0 Å². The van der Waals surface area contributed by atoms with Crippen LogP contribution in [0.1, 0.15) is 32.6 Å². The van der Waals surface area contributed by atoms with Crippen LogP contribution in [0.2, 0.25) is 0 Å². The molecule has 1 aromatic rings. The van der Waals surface area contributed by atoms with Crippen LogP contribution in [-0.4, -0.2) is 30.1 Å². The molecule has 6 heteroatoms. The van der Waals surface area contributed by atoms with Crippen molar-refractivity contribution in [1.82, 2.24) is 0 Å². The highest BCUT2D eigenvalue weighted by Gasteiger charge is 2.24. The van der Waals surface area contributed by atoms with Crippen molar-refractivity contribution >= 4 is 11.8 Å². The molecule has 1 aliphatic rings. The van der Waals surface area contributed by atoms with E-state index in [0.29, 0.717) is 24.0 Å². The number of nitrogens with zero attached hydrogens (tertiary/aromatic N) is 1. The van der Waals surface area contributed by atoms with E-state index in [1.165, 1.54) is 0 Å². The zero-order valence-electron chi connectivity index (χ0n) is 11.8. The highest BCUT2D eigenvalue weighted by molar-refractivity contribution is 5.85. The number of hydroxylamine groups is 1. The summed E-state index contributed by atoms with van der Waals surface area (Å²) in [5, 5.41) is 10.4. The van der Waals surface area contributed by atoms with Gasteiger partial charge in [-0.1, -0.05) is 12.1 Å². The zero-order chi connectivity index (χ0) is 14.8. The van der Waals surface area contributed by atoms with Gasteiger partial charge in [-0.05, 0) is 32.9 Å². The van der Waals surface area contributed by atoms with E-state index in [4.69, 9.17) is 14.2 Å². The number of rotatable bonds is 2. The SMILES string of the molecule is CC(C)(C)OC(=O)N(O)c1cccc(C2OCCO2)c1. The van der Waals surface area contributed by atoms with E-state index in [-0.39, 0.29) is 0 Å². The summed E-state index contributed by atoms with van der Waals surface area (Å²) in [6.45, 7) is 6.26. The maximum Gasteiger partial charge on any atom is 0.439 e. The van der Waals surface area contributed by atoms with Crippen LogP contribution in [0.3, 0.4) is 0 Å². The highest BCUT2D eigenvalue weighted by Crippen LogP contribution is 2.26. The lowest BCUT2D eigenvalue weighted by Crippen LogP contribution is -2.34. The molecule has 0 atom stereocenters. The van der Waals surface area contributed by atoms with Crippen LogP contribution >= 0.6 is 0 Å². The molecule has 1 saturated heterocycles. The fourth-order valence-corrected chi connectivity index (χ4v) is 1.76. The van der Waals surface area contributed by atoms with Crippen molar-refractivity contribution in [2.24, 2.45) is 0 Å². The molecule has 6 nitrogen and oxygen atoms in total. The molecule has 1 aliphatic heterocycles. The second kappa shape index (κ2) is 5.78. The molecule has 1 aromatic carbocycles. The minimum atomic E-state index is -0.831. The molecule has 0 radical (unpaired) electrons. The average molecular weight is 281 g/mol. The van der Waals surface area contributed by atoms with Gasteiger partial charge in [-0.3, -0.25) is 5.21 Å². The average Bonchev–Trinajstić information content (AvgIpc) is 2.90. The van der Waals surface area contributed by atoms with Gasteiger partial charge in [-0.2, -0.15) is 5.06 Å². The third kappa shape index (κ3) is 3.69. The Morgan fingerprint density at radius 2 is 2.00 bits per heavy atom. The lowest BCUT2D eigenvalue weighted by Gasteiger charge is -2.23. The summed E-state index contributed by atoms with van der Waals surface area (Å²) in [6, 6.07) is 6.74. The van der Waals surface area contributed by atoms with E-state index in [9.17, 15) is 10.0 Å². The van der Waals surface area contributed by atoms with Gasteiger partial charge in [0.1, 0.15) is 5.60 Å². The standard InChI is InChI=1S/C14H19NO5/c1-14(2,3)20-13(16)15(17)11-6-4-5-10(9-11)12-18-7-8-19-12/h4-6,9,12,17H,7-8H2,1-3H3. The van der Waals surface area contributed by atoms with Gasteiger partial charge in [0.05, 0.1) is 18.9 Å². The molecular weight excluding hydrogens is 262 g/mol. The number of anilines is 1. The summed E-state index contributed by atoms with van der Waals surface area (Å²) >= 11 is 0. The summed E-state index contributed by atoms with van der Waals surface area (Å²) in [7, 11) is 0. The van der Waals surface area contributed by atoms with E-state index in [1.54, 1.807) is 39.0 Å². The van der Waals surface area contributed by atoms with Gasteiger partial charge < -0.3 is 14.2 Å². The zero-order valence-corrected chi connectivity index (χ0v) is 11.8. The first-order valence-corrected chi connectivity index (χ1v) is 6.42. The molecule has 1 amide bonds. The number of hydrogen-bond acceptors (Lipinski definition) is 5. The molecule has 0 bridgehead atoms. The van der Waals surface area contributed by atoms with E-state index < -0.39 is 18.0 Å². The Bertz CT molecular complexity index is 477. The second-order valence-corrected chi connectivity index (χ2v) is 5.46. The summed E-state index contributed by atoms with van der Waals surface area (Å²) < 4.78 is 15.8. The Balaban J connectivity index is 2.11. The van der Waals surface area contributed by atoms with Crippen LogP contribution in [0.25, 0.3) is 0 Å². The smallest absolute Gasteiger partial charge is 0.439 e. The van der Waals surface area contributed by atoms with Crippen molar-refractivity contribution in [3.8, 4) is 0 Å². The van der Waals surface area contributed by atoms with E-state index in [1.807, 2.05) is 6.07 Å². The number of carbonyl (C=O) groups is 1. The van der Waals surface area contributed by atoms with Crippen molar-refractivity contribution in [3.05, 3.63) is 29.8 Å². The fraction of sp³-hybridized carbons (Fsp3) is 0.500. The fourth-order valence-electron chi connectivity index (χ4n) is 1.76. The first-order valence-electron chi connectivity index (χ1n) is 6.42. The van der Waals surface area contributed by atoms with Crippen LogP contribution in [0.4, 0.5) is 10.5 Å². The van der Waals surface area contributed by atoms with Crippen LogP contribution < -0.4 is 5.06 Å². The molecule has 1 fully saturated rings. The predicted molar refractivity (Wildman–Crippen MR) is 71.6 cm³/mol. The first kappa shape index (κ1) is 14.8. The molecule has 1 N–H and O–H groups in total. The topological polar surface area (TPSA) is 68.2 Å². The van der Waals surface area contributed by atoms with Crippen molar-refractivity contribution in [3.63, 3.8) is 0 Å². The molecule has 0 saturated carbocycles. The molecule has 0 spiro atoms. The second-order valence-electron chi connectivity index (χ2n) is 5.46. The van der Waals surface area contributed by atoms with E-state index in [2.05, 4.69) is 0 Å². The minimum Gasteiger partial charge on any atom is -0.442 e. The minimum absolute atomic E-state index is 0.302. The van der Waals surface area contributed by atoms with Crippen LogP contribution in [0.5, 0.6) is 0 Å². The first-order chi connectivity index (χ1) is 9.37. The van der Waals surface area contributed by atoms with Gasteiger partial charge in [0.2, 0.25) is 0 Å². The van der Waals surface area contributed by atoms with Crippen LogP contribution in [0, 0.1) is 0 Å². The Kier molecular flexibility index (Phi) is 4.27. The van der Waals surface area contributed by atoms with Crippen LogP contribution in [0.15, 0.2) is 24.3 Å². The summed E-state index contributed by atoms with van der Waals surface area (Å²) in [5.74, 6) is 0. The predicted octanol–water partition coefficient (Wildman–Crippen LogP) is 2.86. The third-order valence-electron chi connectivity index (χ3n) is 2.58. The molecule has 0 aromatic heterocycles. The van der Waals surface area contributed by atoms with Crippen molar-refractivity contribution in [2.45, 2.75) is 32.7 Å². The molecule has 1 heterocycles. The lowest BCUT2D eigenvalue weighted by atomic mass is 10.2. The number of hydrogen-bond donors (Lipinski definition) is 1. The molecule has 0 aliphatic carbocycles. The van der Waals surface area contributed by atoms with Crippen LogP contribution in [-0.2, 0) is 14.2 Å². The summed E-state index contributed by atoms with van der Waals surface area (Å²) in [5.41, 5.74) is 0.367. The van der Waals surface area contributed by atoms with Gasteiger partial charge in [-0.25, -0.2) is 4.79 Å². The largest absolute Gasteiger partial charge is 0.442 e. The molecular formula is C14H19NO5. The van der Waals surface area contributed by atoms with Crippen molar-refractivity contribution in [2.75, 3.05) is 18.3 Å². The Morgan fingerprint density at radius 1 is 1.35 bits per heavy atom. The Labute approximate surface area is 117 Å². The van der Waals surface area contributed by atoms with Crippen molar-refractivity contribution < 1.29 is 24.2 Å². The Hall–Kier alpha value is -1.63. The summed E-state index contributed by atoms with van der Waals surface area (Å²) in [6.07, 6.45) is -1.29. The van der Waals surface area contributed by atoms with Gasteiger partial charge in [-0.15, -0.1) is 0 Å². The molecule has 0 unspecified atom stereocenters. The number of carbonyl (C=O) groups excluding carboxylic acids is 1. The quantitative estimate of drug-likeness (QED) is 0.667. The maximum atomic E-state index is 11.8. The summed E-state index contributed by atoms with van der Waals surface area (Å²) in [4.78, 5) is 11.8. The lowest BCUT2D eigenvalue weighted by molar-refractivity contribution is -0.0441. The van der Waals surface area contributed by atoms with E-state index in [0.717, 1.165) is 5.56 Å². The van der Waals surface area contributed by atoms with Gasteiger partial charge in [0, 0.05) is 5.56 Å². The number of ether oxygens (including phenoxy) is 3. The third-order valence-corrected chi connectivity index (χ3v) is 2.58. The number of amides is 1. The maximum absolute atomic E-state index is 11.8. The van der Waals surface area contributed by atoms with Gasteiger partial charge >= 0.3 is 6.09 Å². The molecule has 2 rings (SSSR count). The highest BCUT2D eigenvalue weighted by atomic mass is 16.7. The van der Waals surface area contributed by atoms with Crippen molar-refractivity contribution in [1.29, 1.82) is 0 Å². The Morgan fingerprint density at radius 3 is 2.60 bits per heavy atom. The molecule has 110 valence electrons. The monoisotopic (exact) mass is 281 g/mol. The number of benzene rings is 1. The van der Waals surface area contributed by atoms with Gasteiger partial charge in [0.25, 0.3) is 0 Å².